The molecule has 2 unspecified atom stereocenters. The molecule has 1 aliphatic heterocycles. The predicted octanol–water partition coefficient (Wildman–Crippen LogP) is 4.26. The Balaban J connectivity index is 1.73. The summed E-state index contributed by atoms with van der Waals surface area (Å²) >= 11 is 0. The average molecular weight is 381 g/mol. The lowest BCUT2D eigenvalue weighted by Gasteiger charge is -2.43. The standard InChI is InChI=1S/C23H27NO4/c1-3-9-19-16-23(26,20-12-7-8-13-21(20)27-2)14-15-24(19)22(25)28-17-18-10-5-4-6-11-18/h3-8,10-13,19,26H,1,9,14-17H2,2H3. The maximum absolute atomic E-state index is 12.7. The maximum atomic E-state index is 12.7. The third kappa shape index (κ3) is 4.37. The number of likely N-dealkylation sites (tertiary alicyclic amines) is 1. The Morgan fingerprint density at radius 3 is 2.68 bits per heavy atom. The molecule has 148 valence electrons. The number of carbonyl (C=O) groups excluding carboxylic acids is 1. The van der Waals surface area contributed by atoms with Crippen molar-refractivity contribution in [1.82, 2.24) is 4.90 Å². The number of piperidine rings is 1. The molecule has 1 aliphatic rings. The summed E-state index contributed by atoms with van der Waals surface area (Å²) in [6.45, 7) is 4.44. The first kappa shape index (κ1) is 20.0. The third-order valence-electron chi connectivity index (χ3n) is 5.27. The van der Waals surface area contributed by atoms with Crippen LogP contribution in [-0.2, 0) is 16.9 Å². The Morgan fingerprint density at radius 1 is 1.25 bits per heavy atom. The summed E-state index contributed by atoms with van der Waals surface area (Å²) in [5.74, 6) is 0.655. The first-order valence-electron chi connectivity index (χ1n) is 9.51. The minimum Gasteiger partial charge on any atom is -0.496 e. The second-order valence-corrected chi connectivity index (χ2v) is 7.10. The van der Waals surface area contributed by atoms with Gasteiger partial charge >= 0.3 is 6.09 Å². The highest BCUT2D eigenvalue weighted by Gasteiger charge is 2.42. The maximum Gasteiger partial charge on any atom is 0.410 e. The fraction of sp³-hybridized carbons (Fsp3) is 0.348. The van der Waals surface area contributed by atoms with Crippen LogP contribution >= 0.6 is 0 Å². The number of para-hydroxylation sites is 1. The van der Waals surface area contributed by atoms with Gasteiger partial charge in [-0.2, -0.15) is 0 Å². The summed E-state index contributed by atoms with van der Waals surface area (Å²) in [5.41, 5.74) is 0.638. The molecular formula is C23H27NO4. The van der Waals surface area contributed by atoms with Crippen LogP contribution in [0.3, 0.4) is 0 Å². The highest BCUT2D eigenvalue weighted by Crippen LogP contribution is 2.41. The number of ether oxygens (including phenoxy) is 2. The van der Waals surface area contributed by atoms with E-state index in [0.29, 0.717) is 31.6 Å². The van der Waals surface area contributed by atoms with E-state index in [1.807, 2.05) is 54.6 Å². The van der Waals surface area contributed by atoms with Gasteiger partial charge < -0.3 is 19.5 Å². The number of nitrogens with zero attached hydrogens (tertiary/aromatic N) is 1. The van der Waals surface area contributed by atoms with Crippen molar-refractivity contribution in [1.29, 1.82) is 0 Å². The van der Waals surface area contributed by atoms with E-state index < -0.39 is 5.60 Å². The van der Waals surface area contributed by atoms with E-state index in [0.717, 1.165) is 11.1 Å². The van der Waals surface area contributed by atoms with Crippen LogP contribution in [0.2, 0.25) is 0 Å². The zero-order valence-corrected chi connectivity index (χ0v) is 16.2. The SMILES string of the molecule is C=CCC1CC(O)(c2ccccc2OC)CCN1C(=O)OCc1ccccc1. The van der Waals surface area contributed by atoms with Gasteiger partial charge in [0, 0.05) is 24.6 Å². The van der Waals surface area contributed by atoms with Gasteiger partial charge in [-0.15, -0.1) is 6.58 Å². The zero-order chi connectivity index (χ0) is 20.0. The Morgan fingerprint density at radius 2 is 1.96 bits per heavy atom. The molecule has 1 amide bonds. The molecule has 0 bridgehead atoms. The first-order valence-corrected chi connectivity index (χ1v) is 9.51. The summed E-state index contributed by atoms with van der Waals surface area (Å²) in [7, 11) is 1.60. The van der Waals surface area contributed by atoms with Crippen LogP contribution < -0.4 is 4.74 Å². The van der Waals surface area contributed by atoms with E-state index >= 15 is 0 Å². The number of carbonyl (C=O) groups is 1. The molecule has 28 heavy (non-hydrogen) atoms. The van der Waals surface area contributed by atoms with E-state index in [9.17, 15) is 9.90 Å². The Kier molecular flexibility index (Phi) is 6.37. The minimum absolute atomic E-state index is 0.190. The molecular weight excluding hydrogens is 354 g/mol. The minimum atomic E-state index is -1.06. The highest BCUT2D eigenvalue weighted by atomic mass is 16.6. The van der Waals surface area contributed by atoms with Gasteiger partial charge in [-0.1, -0.05) is 54.6 Å². The van der Waals surface area contributed by atoms with Crippen LogP contribution in [0, 0.1) is 0 Å². The zero-order valence-electron chi connectivity index (χ0n) is 16.2. The topological polar surface area (TPSA) is 59.0 Å². The number of hydrogen-bond acceptors (Lipinski definition) is 4. The first-order chi connectivity index (χ1) is 13.6. The molecule has 5 heteroatoms. The van der Waals surface area contributed by atoms with Crippen LogP contribution in [0.4, 0.5) is 4.79 Å². The number of benzene rings is 2. The Labute approximate surface area is 166 Å². The summed E-state index contributed by atoms with van der Waals surface area (Å²) < 4.78 is 10.9. The van der Waals surface area contributed by atoms with Crippen molar-refractivity contribution in [2.45, 2.75) is 37.5 Å². The van der Waals surface area contributed by atoms with Crippen LogP contribution in [0.1, 0.15) is 30.4 Å². The fourth-order valence-corrected chi connectivity index (χ4v) is 3.81. The Bertz CT molecular complexity index is 807. The molecule has 0 aromatic heterocycles. The molecule has 3 rings (SSSR count). The third-order valence-corrected chi connectivity index (χ3v) is 5.27. The second kappa shape index (κ2) is 8.93. The van der Waals surface area contributed by atoms with Crippen molar-refractivity contribution in [2.75, 3.05) is 13.7 Å². The molecule has 0 saturated carbocycles. The van der Waals surface area contributed by atoms with Gasteiger partial charge in [-0.3, -0.25) is 0 Å². The monoisotopic (exact) mass is 381 g/mol. The quantitative estimate of drug-likeness (QED) is 0.760. The molecule has 2 aromatic rings. The predicted molar refractivity (Wildman–Crippen MR) is 108 cm³/mol. The number of rotatable bonds is 6. The molecule has 5 nitrogen and oxygen atoms in total. The van der Waals surface area contributed by atoms with Crippen LogP contribution in [0.5, 0.6) is 5.75 Å². The van der Waals surface area contributed by atoms with Crippen molar-refractivity contribution < 1.29 is 19.4 Å². The average Bonchev–Trinajstić information content (AvgIpc) is 2.73. The molecule has 0 aliphatic carbocycles. The smallest absolute Gasteiger partial charge is 0.410 e. The molecule has 1 N–H and O–H groups in total. The molecule has 0 radical (unpaired) electrons. The summed E-state index contributed by atoms with van der Waals surface area (Å²) in [6, 6.07) is 16.9. The van der Waals surface area contributed by atoms with Gasteiger partial charge in [0.05, 0.1) is 12.7 Å². The molecule has 1 fully saturated rings. The van der Waals surface area contributed by atoms with Crippen molar-refractivity contribution in [3.05, 3.63) is 78.4 Å². The summed E-state index contributed by atoms with van der Waals surface area (Å²) in [4.78, 5) is 14.4. The summed E-state index contributed by atoms with van der Waals surface area (Å²) in [5, 5.41) is 11.4. The fourth-order valence-electron chi connectivity index (χ4n) is 3.81. The van der Waals surface area contributed by atoms with E-state index in [1.165, 1.54) is 0 Å². The number of amides is 1. The Hall–Kier alpha value is -2.79. The van der Waals surface area contributed by atoms with E-state index in [4.69, 9.17) is 9.47 Å². The molecule has 1 heterocycles. The van der Waals surface area contributed by atoms with Gasteiger partial charge in [0.1, 0.15) is 12.4 Å². The van der Waals surface area contributed by atoms with E-state index in [1.54, 1.807) is 18.1 Å². The second-order valence-electron chi connectivity index (χ2n) is 7.10. The van der Waals surface area contributed by atoms with Gasteiger partial charge in [-0.25, -0.2) is 4.79 Å². The molecule has 1 saturated heterocycles. The lowest BCUT2D eigenvalue weighted by molar-refractivity contribution is -0.0498. The van der Waals surface area contributed by atoms with Crippen LogP contribution in [0.25, 0.3) is 0 Å². The van der Waals surface area contributed by atoms with Gasteiger partial charge in [0.2, 0.25) is 0 Å². The van der Waals surface area contributed by atoms with Crippen molar-refractivity contribution in [2.24, 2.45) is 0 Å². The largest absolute Gasteiger partial charge is 0.496 e. The lowest BCUT2D eigenvalue weighted by atomic mass is 9.79. The normalized spacial score (nSPS) is 21.8. The highest BCUT2D eigenvalue weighted by molar-refractivity contribution is 5.68. The van der Waals surface area contributed by atoms with Gasteiger partial charge in [0.25, 0.3) is 0 Å². The molecule has 0 spiro atoms. The number of hydrogen-bond donors (Lipinski definition) is 1. The van der Waals surface area contributed by atoms with Crippen molar-refractivity contribution >= 4 is 6.09 Å². The van der Waals surface area contributed by atoms with E-state index in [2.05, 4.69) is 6.58 Å². The van der Waals surface area contributed by atoms with Crippen LogP contribution in [0.15, 0.2) is 67.3 Å². The molecule has 2 atom stereocenters. The summed E-state index contributed by atoms with van der Waals surface area (Å²) in [6.07, 6.45) is 2.81. The number of methoxy groups -OCH3 is 1. The van der Waals surface area contributed by atoms with Gasteiger partial charge in [-0.05, 0) is 24.5 Å². The van der Waals surface area contributed by atoms with E-state index in [-0.39, 0.29) is 18.7 Å². The van der Waals surface area contributed by atoms with Gasteiger partial charge in [0.15, 0.2) is 0 Å². The van der Waals surface area contributed by atoms with Crippen LogP contribution in [-0.4, -0.2) is 35.8 Å². The van der Waals surface area contributed by atoms with Crippen molar-refractivity contribution in [3.8, 4) is 5.75 Å². The number of aliphatic hydroxyl groups is 1. The van der Waals surface area contributed by atoms with Crippen molar-refractivity contribution in [3.63, 3.8) is 0 Å². The lowest BCUT2D eigenvalue weighted by Crippen LogP contribution is -2.51. The molecule has 2 aromatic carbocycles.